The van der Waals surface area contributed by atoms with Gasteiger partial charge in [-0.05, 0) is 55.2 Å². The largest absolute Gasteiger partial charge is 0.481 e. The lowest BCUT2D eigenvalue weighted by Crippen LogP contribution is -2.09. The number of hydrogen-bond acceptors (Lipinski definition) is 6. The lowest BCUT2D eigenvalue weighted by molar-refractivity contribution is -0.138. The Balaban J connectivity index is 1.49. The maximum atomic E-state index is 13.4. The van der Waals surface area contributed by atoms with Gasteiger partial charge in [0, 0.05) is 34.6 Å². The number of alkyl halides is 3. The fourth-order valence-corrected chi connectivity index (χ4v) is 4.50. The minimum atomic E-state index is -4.55. The molecule has 1 aliphatic rings. The van der Waals surface area contributed by atoms with Gasteiger partial charge < -0.3 is 19.9 Å². The van der Waals surface area contributed by atoms with Gasteiger partial charge in [-0.3, -0.25) is 4.79 Å². The quantitative estimate of drug-likeness (QED) is 0.311. The SMILES string of the molecule is CCCNc1cc(C(F)(F)F)cc(-c2nc(-c3ccc4[nH]c5c(c4c3)CCC5CC(=O)O)no2)n1. The predicted octanol–water partition coefficient (Wildman–Crippen LogP) is 5.63. The molecule has 1 aliphatic carbocycles. The highest BCUT2D eigenvalue weighted by molar-refractivity contribution is 5.89. The number of rotatable bonds is 7. The second-order valence-electron chi connectivity index (χ2n) is 8.59. The molecule has 182 valence electrons. The summed E-state index contributed by atoms with van der Waals surface area (Å²) in [5, 5.41) is 17.0. The van der Waals surface area contributed by atoms with Gasteiger partial charge in [-0.25, -0.2) is 4.98 Å². The highest BCUT2D eigenvalue weighted by Crippen LogP contribution is 2.40. The summed E-state index contributed by atoms with van der Waals surface area (Å²) in [7, 11) is 0. The maximum Gasteiger partial charge on any atom is 0.416 e. The number of carbonyl (C=O) groups is 1. The molecule has 3 heterocycles. The lowest BCUT2D eigenvalue weighted by atomic mass is 10.0. The fraction of sp³-hybridized carbons (Fsp3) is 0.333. The maximum absolute atomic E-state index is 13.4. The molecule has 3 N–H and O–H groups in total. The molecular formula is C24H22F3N5O3. The van der Waals surface area contributed by atoms with Gasteiger partial charge in [0.2, 0.25) is 5.82 Å². The number of anilines is 1. The van der Waals surface area contributed by atoms with Crippen molar-refractivity contribution < 1.29 is 27.6 Å². The standard InChI is InChI=1S/C24H22F3N5O3/c1-2-7-28-19-11-14(24(25,26)27)10-18(29-19)23-31-22(32-35-23)13-4-6-17-16(8-13)15-5-3-12(9-20(33)34)21(15)30-17/h4,6,8,10-12,30H,2-3,5,7,9H2,1H3,(H,28,29)(H,33,34). The number of pyridine rings is 1. The van der Waals surface area contributed by atoms with E-state index in [4.69, 9.17) is 4.52 Å². The zero-order chi connectivity index (χ0) is 24.7. The third-order valence-corrected chi connectivity index (χ3v) is 6.12. The summed E-state index contributed by atoms with van der Waals surface area (Å²) in [6, 6.07) is 7.36. The molecule has 0 bridgehead atoms. The number of halogens is 3. The Labute approximate surface area is 197 Å². The van der Waals surface area contributed by atoms with E-state index in [9.17, 15) is 23.1 Å². The van der Waals surface area contributed by atoms with Crippen LogP contribution in [0.3, 0.4) is 0 Å². The van der Waals surface area contributed by atoms with Gasteiger partial charge in [-0.1, -0.05) is 12.1 Å². The molecular weight excluding hydrogens is 463 g/mol. The van der Waals surface area contributed by atoms with E-state index in [1.54, 1.807) is 6.07 Å². The van der Waals surface area contributed by atoms with Gasteiger partial charge in [-0.15, -0.1) is 0 Å². The Morgan fingerprint density at radius 3 is 2.83 bits per heavy atom. The summed E-state index contributed by atoms with van der Waals surface area (Å²) in [6.07, 6.45) is -2.24. The number of nitrogens with one attached hydrogen (secondary N) is 2. The molecule has 0 saturated carbocycles. The highest BCUT2D eigenvalue weighted by Gasteiger charge is 2.33. The lowest BCUT2D eigenvalue weighted by Gasteiger charge is -2.11. The molecule has 1 aromatic carbocycles. The van der Waals surface area contributed by atoms with Crippen LogP contribution in [-0.2, 0) is 17.4 Å². The fourth-order valence-electron chi connectivity index (χ4n) is 4.50. The summed E-state index contributed by atoms with van der Waals surface area (Å²) in [5.41, 5.74) is 2.59. The highest BCUT2D eigenvalue weighted by atomic mass is 19.4. The number of carboxylic acid groups (broad SMARTS) is 1. The smallest absolute Gasteiger partial charge is 0.416 e. The summed E-state index contributed by atoms with van der Waals surface area (Å²) >= 11 is 0. The van der Waals surface area contributed by atoms with Crippen LogP contribution < -0.4 is 5.32 Å². The molecule has 0 saturated heterocycles. The van der Waals surface area contributed by atoms with Crippen LogP contribution in [0.2, 0.25) is 0 Å². The first-order valence-electron chi connectivity index (χ1n) is 11.3. The van der Waals surface area contributed by atoms with Crippen molar-refractivity contribution in [1.82, 2.24) is 20.1 Å². The van der Waals surface area contributed by atoms with Gasteiger partial charge in [0.05, 0.1) is 12.0 Å². The van der Waals surface area contributed by atoms with Crippen molar-refractivity contribution in [3.8, 4) is 23.0 Å². The number of aromatic amines is 1. The molecule has 11 heteroatoms. The Kier molecular flexibility index (Phi) is 5.70. The van der Waals surface area contributed by atoms with Crippen LogP contribution in [0.5, 0.6) is 0 Å². The first-order valence-corrected chi connectivity index (χ1v) is 11.3. The Morgan fingerprint density at radius 2 is 2.09 bits per heavy atom. The molecule has 5 rings (SSSR count). The third kappa shape index (κ3) is 4.45. The first-order chi connectivity index (χ1) is 16.7. The molecule has 3 aromatic heterocycles. The number of aromatic nitrogens is 4. The number of H-pyrrole nitrogens is 1. The molecule has 0 spiro atoms. The zero-order valence-corrected chi connectivity index (χ0v) is 18.7. The summed E-state index contributed by atoms with van der Waals surface area (Å²) in [6.45, 7) is 2.37. The monoisotopic (exact) mass is 485 g/mol. The Morgan fingerprint density at radius 1 is 1.26 bits per heavy atom. The first kappa shape index (κ1) is 22.9. The molecule has 0 aliphatic heterocycles. The molecule has 1 atom stereocenters. The molecule has 0 radical (unpaired) electrons. The van der Waals surface area contributed by atoms with Crippen LogP contribution in [0, 0.1) is 0 Å². The molecule has 4 aromatic rings. The number of nitrogens with zero attached hydrogens (tertiary/aromatic N) is 3. The second-order valence-corrected chi connectivity index (χ2v) is 8.59. The molecule has 0 fully saturated rings. The van der Waals surface area contributed by atoms with E-state index in [-0.39, 0.29) is 35.6 Å². The molecule has 0 amide bonds. The number of carboxylic acids is 1. The predicted molar refractivity (Wildman–Crippen MR) is 122 cm³/mol. The minimum Gasteiger partial charge on any atom is -0.481 e. The van der Waals surface area contributed by atoms with Gasteiger partial charge in [0.1, 0.15) is 11.5 Å². The van der Waals surface area contributed by atoms with E-state index in [0.717, 1.165) is 53.6 Å². The molecule has 1 unspecified atom stereocenters. The Hall–Kier alpha value is -3.89. The van der Waals surface area contributed by atoms with E-state index < -0.39 is 17.7 Å². The average molecular weight is 485 g/mol. The van der Waals surface area contributed by atoms with Crippen LogP contribution in [0.25, 0.3) is 33.9 Å². The van der Waals surface area contributed by atoms with Crippen molar-refractivity contribution >= 4 is 22.7 Å². The number of hydrogen-bond donors (Lipinski definition) is 3. The number of fused-ring (bicyclic) bond motifs is 3. The van der Waals surface area contributed by atoms with Crippen molar-refractivity contribution in [2.45, 2.75) is 44.7 Å². The van der Waals surface area contributed by atoms with E-state index in [1.165, 1.54) is 0 Å². The van der Waals surface area contributed by atoms with E-state index in [1.807, 2.05) is 19.1 Å². The van der Waals surface area contributed by atoms with Crippen molar-refractivity contribution in [2.75, 3.05) is 11.9 Å². The van der Waals surface area contributed by atoms with Crippen LogP contribution >= 0.6 is 0 Å². The van der Waals surface area contributed by atoms with Crippen LogP contribution in [0.15, 0.2) is 34.9 Å². The van der Waals surface area contributed by atoms with E-state index >= 15 is 0 Å². The summed E-state index contributed by atoms with van der Waals surface area (Å²) in [5.74, 6) is -0.710. The van der Waals surface area contributed by atoms with E-state index in [2.05, 4.69) is 25.4 Å². The van der Waals surface area contributed by atoms with Crippen molar-refractivity contribution in [3.05, 3.63) is 47.2 Å². The summed E-state index contributed by atoms with van der Waals surface area (Å²) < 4.78 is 45.6. The van der Waals surface area contributed by atoms with E-state index in [0.29, 0.717) is 12.1 Å². The third-order valence-electron chi connectivity index (χ3n) is 6.12. The van der Waals surface area contributed by atoms with Crippen LogP contribution in [-0.4, -0.2) is 37.7 Å². The summed E-state index contributed by atoms with van der Waals surface area (Å²) in [4.78, 5) is 23.0. The van der Waals surface area contributed by atoms with Gasteiger partial charge in [0.25, 0.3) is 5.89 Å². The topological polar surface area (TPSA) is 117 Å². The van der Waals surface area contributed by atoms with Gasteiger partial charge >= 0.3 is 12.1 Å². The number of benzene rings is 1. The Bertz CT molecular complexity index is 1410. The van der Waals surface area contributed by atoms with Crippen LogP contribution in [0.4, 0.5) is 19.0 Å². The number of aryl methyl sites for hydroxylation is 1. The normalized spacial score (nSPS) is 15.5. The van der Waals surface area contributed by atoms with Crippen LogP contribution in [0.1, 0.15) is 48.9 Å². The molecule has 8 nitrogen and oxygen atoms in total. The minimum absolute atomic E-state index is 0.0578. The molecule has 35 heavy (non-hydrogen) atoms. The van der Waals surface area contributed by atoms with Crippen molar-refractivity contribution in [2.24, 2.45) is 0 Å². The van der Waals surface area contributed by atoms with Crippen molar-refractivity contribution in [1.29, 1.82) is 0 Å². The second kappa shape index (κ2) is 8.71. The van der Waals surface area contributed by atoms with Gasteiger partial charge in [-0.2, -0.15) is 18.2 Å². The van der Waals surface area contributed by atoms with Gasteiger partial charge in [0.15, 0.2) is 0 Å². The zero-order valence-electron chi connectivity index (χ0n) is 18.7. The number of aliphatic carboxylic acids is 1. The average Bonchev–Trinajstić information content (AvgIpc) is 3.53. The van der Waals surface area contributed by atoms with Crippen molar-refractivity contribution in [3.63, 3.8) is 0 Å².